The molecule has 0 aliphatic heterocycles. The summed E-state index contributed by atoms with van der Waals surface area (Å²) in [6, 6.07) is 72.6. The van der Waals surface area contributed by atoms with Crippen LogP contribution in [0.5, 0.6) is 11.5 Å². The highest BCUT2D eigenvalue weighted by Gasteiger charge is 2.21. The van der Waals surface area contributed by atoms with Gasteiger partial charge in [0.05, 0.1) is 33.4 Å². The highest BCUT2D eigenvalue weighted by molar-refractivity contribution is 6.10. The van der Waals surface area contributed by atoms with Crippen LogP contribution in [-0.4, -0.2) is 14.1 Å². The first-order chi connectivity index (χ1) is 31.3. The van der Waals surface area contributed by atoms with Crippen LogP contribution in [-0.2, 0) is 6.42 Å². The average Bonchev–Trinajstić information content (AvgIpc) is 3.87. The topological polar surface area (TPSA) is 35.9 Å². The van der Waals surface area contributed by atoms with Crippen LogP contribution in [0, 0.1) is 11.7 Å². The average molecular weight is 827 g/mol. The lowest BCUT2D eigenvalue weighted by atomic mass is 9.88. The molecule has 0 aliphatic carbocycles. The fourth-order valence-corrected chi connectivity index (χ4v) is 9.15. The maximum absolute atomic E-state index is 6.81. The summed E-state index contributed by atoms with van der Waals surface area (Å²) in [5, 5.41) is 2.31. The normalized spacial score (nSPS) is 11.7. The van der Waals surface area contributed by atoms with Crippen molar-refractivity contribution in [3.8, 4) is 62.1 Å². The lowest BCUT2D eigenvalue weighted by Gasteiger charge is -2.18. The van der Waals surface area contributed by atoms with Gasteiger partial charge in [-0.1, -0.05) is 166 Å². The van der Waals surface area contributed by atoms with E-state index in [0.717, 1.165) is 84.8 Å². The Kier molecular flexibility index (Phi) is 9.73. The number of hydrogen-bond acceptors (Lipinski definition) is 2. The summed E-state index contributed by atoms with van der Waals surface area (Å²) in [5.41, 5.74) is 14.5. The van der Waals surface area contributed by atoms with Crippen molar-refractivity contribution < 1.29 is 9.30 Å². The van der Waals surface area contributed by atoms with E-state index < -0.39 is 0 Å². The number of imidazole rings is 1. The number of aromatic nitrogens is 4. The fourth-order valence-electron chi connectivity index (χ4n) is 9.15. The molecule has 0 amide bonds. The van der Waals surface area contributed by atoms with E-state index in [1.54, 1.807) is 0 Å². The molecule has 0 radical (unpaired) electrons. The molecule has 8 aromatic carbocycles. The molecule has 3 aromatic heterocycles. The van der Waals surface area contributed by atoms with Crippen LogP contribution in [0.2, 0.25) is 0 Å². The Labute approximate surface area is 373 Å². The highest BCUT2D eigenvalue weighted by atomic mass is 16.5. The Morgan fingerprint density at radius 2 is 1.17 bits per heavy atom. The number of rotatable bonds is 9. The van der Waals surface area contributed by atoms with E-state index in [0.29, 0.717) is 0 Å². The van der Waals surface area contributed by atoms with Crippen LogP contribution in [0.25, 0.3) is 83.4 Å². The minimum absolute atomic E-state index is 0.141. The number of hydrogen-bond donors (Lipinski definition) is 0. The number of fused-ring (bicyclic) bond motifs is 4. The standard InChI is InChI=1S/C59H46N4O/c1-59(2,3)39-41-33-34-60-57(35-41)63-53-32-29-45(42-17-7-4-8-18-42)36-52(53)51-31-30-48(38-56(51)63)64-47-24-15-23-46(37-47)61-40-62(55-28-14-13-27-54(55)61)58-49(43-19-9-5-10-20-43)25-16-26-50(58)44-21-11-6-12-22-44/h4-38H,39H2,1-3H3. The van der Waals surface area contributed by atoms with Gasteiger partial charge < -0.3 is 4.74 Å². The van der Waals surface area contributed by atoms with E-state index in [1.165, 1.54) is 22.1 Å². The van der Waals surface area contributed by atoms with E-state index in [2.05, 4.69) is 241 Å². The molecule has 3 heterocycles. The molecule has 11 rings (SSSR count). The minimum Gasteiger partial charge on any atom is -0.458 e. The van der Waals surface area contributed by atoms with Gasteiger partial charge in [-0.25, -0.2) is 4.98 Å². The predicted molar refractivity (Wildman–Crippen MR) is 262 cm³/mol. The summed E-state index contributed by atoms with van der Waals surface area (Å²) in [6.07, 6.45) is 6.69. The third-order valence-corrected chi connectivity index (χ3v) is 11.9. The summed E-state index contributed by atoms with van der Waals surface area (Å²) < 4.78 is 13.4. The molecule has 0 N–H and O–H groups in total. The first kappa shape index (κ1) is 38.9. The smallest absolute Gasteiger partial charge is 0.269 e. The highest BCUT2D eigenvalue weighted by Crippen LogP contribution is 2.39. The van der Waals surface area contributed by atoms with E-state index in [-0.39, 0.29) is 5.41 Å². The van der Waals surface area contributed by atoms with Gasteiger partial charge in [0.2, 0.25) is 0 Å². The van der Waals surface area contributed by atoms with Crippen molar-refractivity contribution in [2.75, 3.05) is 0 Å². The van der Waals surface area contributed by atoms with Gasteiger partial charge in [-0.15, -0.1) is 0 Å². The number of benzene rings is 8. The predicted octanol–water partition coefficient (Wildman–Crippen LogP) is 14.6. The van der Waals surface area contributed by atoms with Crippen molar-refractivity contribution in [2.45, 2.75) is 27.2 Å². The molecule has 0 fully saturated rings. The maximum atomic E-state index is 6.81. The van der Waals surface area contributed by atoms with Gasteiger partial charge in [-0.05, 0) is 105 Å². The summed E-state index contributed by atoms with van der Waals surface area (Å²) in [7, 11) is 0. The van der Waals surface area contributed by atoms with Crippen molar-refractivity contribution in [3.63, 3.8) is 0 Å². The van der Waals surface area contributed by atoms with Crippen LogP contribution in [0.1, 0.15) is 26.3 Å². The molecule has 0 atom stereocenters. The van der Waals surface area contributed by atoms with Gasteiger partial charge in [-0.2, -0.15) is 0 Å². The summed E-state index contributed by atoms with van der Waals surface area (Å²) in [5.74, 6) is 2.35. The van der Waals surface area contributed by atoms with Crippen LogP contribution < -0.4 is 9.30 Å². The summed E-state index contributed by atoms with van der Waals surface area (Å²) in [6.45, 7) is 6.83. The second-order valence-electron chi connectivity index (χ2n) is 17.7. The van der Waals surface area contributed by atoms with Gasteiger partial charge in [0.15, 0.2) is 0 Å². The number of para-hydroxylation sites is 3. The molecule has 5 heteroatoms. The summed E-state index contributed by atoms with van der Waals surface area (Å²) in [4.78, 5) is 4.96. The summed E-state index contributed by atoms with van der Waals surface area (Å²) >= 11 is 0. The molecule has 0 aliphatic rings. The zero-order chi connectivity index (χ0) is 43.2. The van der Waals surface area contributed by atoms with E-state index >= 15 is 0 Å². The first-order valence-electron chi connectivity index (χ1n) is 21.9. The third-order valence-electron chi connectivity index (χ3n) is 11.9. The molecule has 0 bridgehead atoms. The lowest BCUT2D eigenvalue weighted by Crippen LogP contribution is -2.31. The van der Waals surface area contributed by atoms with Gasteiger partial charge in [-0.3, -0.25) is 13.7 Å². The second-order valence-corrected chi connectivity index (χ2v) is 17.7. The van der Waals surface area contributed by atoms with E-state index in [1.807, 2.05) is 12.3 Å². The van der Waals surface area contributed by atoms with Gasteiger partial charge >= 0.3 is 0 Å². The Hall–Kier alpha value is -8.02. The van der Waals surface area contributed by atoms with Gasteiger partial charge in [0.1, 0.15) is 17.3 Å². The Bertz CT molecular complexity index is 3410. The Morgan fingerprint density at radius 1 is 0.516 bits per heavy atom. The third kappa shape index (κ3) is 7.31. The number of pyridine rings is 1. The Balaban J connectivity index is 1.02. The number of nitrogens with zero attached hydrogens (tertiary/aromatic N) is 4. The van der Waals surface area contributed by atoms with Crippen molar-refractivity contribution in [3.05, 3.63) is 224 Å². The van der Waals surface area contributed by atoms with Gasteiger partial charge in [0.25, 0.3) is 6.33 Å². The van der Waals surface area contributed by atoms with Crippen molar-refractivity contribution >= 4 is 32.8 Å². The molecule has 0 saturated heterocycles. The largest absolute Gasteiger partial charge is 0.458 e. The maximum Gasteiger partial charge on any atom is 0.269 e. The van der Waals surface area contributed by atoms with E-state index in [4.69, 9.17) is 9.72 Å². The quantitative estimate of drug-likeness (QED) is 0.107. The molecule has 11 aromatic rings. The van der Waals surface area contributed by atoms with Crippen molar-refractivity contribution in [1.29, 1.82) is 0 Å². The SMILES string of the molecule is CC(C)(C)Cc1ccnc(-n2c3ccc(-c4ccccc4)cc3c3ccc(Oc4cccc(-n5[c-][n+](-c6c(-c7ccccc7)cccc6-c6ccccc6)c6ccccc65)c4)cc32)c1. The molecule has 0 spiro atoms. The first-order valence-corrected chi connectivity index (χ1v) is 21.9. The Morgan fingerprint density at radius 3 is 1.89 bits per heavy atom. The molecular formula is C59H46N4O. The minimum atomic E-state index is 0.141. The van der Waals surface area contributed by atoms with Crippen LogP contribution in [0.4, 0.5) is 0 Å². The lowest BCUT2D eigenvalue weighted by molar-refractivity contribution is -0.571. The zero-order valence-corrected chi connectivity index (χ0v) is 36.1. The zero-order valence-electron chi connectivity index (χ0n) is 36.1. The van der Waals surface area contributed by atoms with Gasteiger partial charge in [0, 0.05) is 23.0 Å². The number of ether oxygens (including phenoxy) is 1. The van der Waals surface area contributed by atoms with E-state index in [9.17, 15) is 0 Å². The second kappa shape index (κ2) is 16.0. The fraction of sp³-hybridized carbons (Fsp3) is 0.0847. The van der Waals surface area contributed by atoms with Crippen molar-refractivity contribution in [1.82, 2.24) is 14.1 Å². The van der Waals surface area contributed by atoms with Crippen LogP contribution >= 0.6 is 0 Å². The van der Waals surface area contributed by atoms with Crippen molar-refractivity contribution in [2.24, 2.45) is 5.41 Å². The monoisotopic (exact) mass is 826 g/mol. The molecule has 308 valence electrons. The molecule has 64 heavy (non-hydrogen) atoms. The van der Waals surface area contributed by atoms with Crippen LogP contribution in [0.3, 0.4) is 0 Å². The molecule has 0 unspecified atom stereocenters. The molecule has 0 saturated carbocycles. The van der Waals surface area contributed by atoms with Crippen LogP contribution in [0.15, 0.2) is 212 Å². The molecule has 5 nitrogen and oxygen atoms in total. The molecular weight excluding hydrogens is 781 g/mol.